The molecular formula is C18H24BrN3O3S. The minimum absolute atomic E-state index is 0.0407. The first kappa shape index (κ1) is 20.5. The number of nitrogens with zero attached hydrogens (tertiary/aromatic N) is 1. The Balaban J connectivity index is 2.65. The predicted molar refractivity (Wildman–Crippen MR) is 109 cm³/mol. The first-order valence-corrected chi connectivity index (χ1v) is 9.56. The Morgan fingerprint density at radius 2 is 1.92 bits per heavy atom. The van der Waals surface area contributed by atoms with Crippen LogP contribution in [0.1, 0.15) is 32.4 Å². The summed E-state index contributed by atoms with van der Waals surface area (Å²) in [6.07, 6.45) is 0. The number of methoxy groups -OCH3 is 2. The van der Waals surface area contributed by atoms with E-state index in [9.17, 15) is 4.79 Å². The van der Waals surface area contributed by atoms with Crippen molar-refractivity contribution in [3.8, 4) is 11.5 Å². The summed E-state index contributed by atoms with van der Waals surface area (Å²) in [6.45, 7) is 7.04. The average molecular weight is 442 g/mol. The Morgan fingerprint density at radius 1 is 1.27 bits per heavy atom. The first-order valence-electron chi connectivity index (χ1n) is 8.36. The van der Waals surface area contributed by atoms with E-state index in [1.54, 1.807) is 19.1 Å². The fourth-order valence-corrected chi connectivity index (χ4v) is 3.79. The maximum absolute atomic E-state index is 13.2. The van der Waals surface area contributed by atoms with Gasteiger partial charge in [-0.1, -0.05) is 15.9 Å². The highest BCUT2D eigenvalue weighted by Crippen LogP contribution is 2.41. The molecule has 0 aromatic heterocycles. The van der Waals surface area contributed by atoms with E-state index >= 15 is 0 Å². The van der Waals surface area contributed by atoms with Gasteiger partial charge in [-0.15, -0.1) is 0 Å². The van der Waals surface area contributed by atoms with Crippen LogP contribution in [0.5, 0.6) is 11.5 Å². The summed E-state index contributed by atoms with van der Waals surface area (Å²) in [5.74, 6) is 1.10. The van der Waals surface area contributed by atoms with E-state index in [4.69, 9.17) is 21.7 Å². The molecule has 1 aromatic carbocycles. The molecule has 1 aliphatic rings. The maximum atomic E-state index is 13.2. The van der Waals surface area contributed by atoms with Gasteiger partial charge in [-0.25, -0.2) is 0 Å². The summed E-state index contributed by atoms with van der Waals surface area (Å²) in [4.78, 5) is 14.9. The largest absolute Gasteiger partial charge is 0.493 e. The van der Waals surface area contributed by atoms with Gasteiger partial charge in [0.15, 0.2) is 16.6 Å². The summed E-state index contributed by atoms with van der Waals surface area (Å²) in [5.41, 5.74) is 2.12. The molecule has 0 saturated heterocycles. The molecule has 1 aromatic rings. The van der Waals surface area contributed by atoms with Crippen molar-refractivity contribution >= 4 is 39.2 Å². The number of rotatable bonds is 6. The summed E-state index contributed by atoms with van der Waals surface area (Å²) in [7, 11) is 3.16. The molecule has 8 heteroatoms. The molecule has 0 fully saturated rings. The van der Waals surface area contributed by atoms with E-state index in [1.165, 1.54) is 0 Å². The van der Waals surface area contributed by atoms with E-state index in [2.05, 4.69) is 26.6 Å². The predicted octanol–water partition coefficient (Wildman–Crippen LogP) is 3.13. The first-order chi connectivity index (χ1) is 12.4. The van der Waals surface area contributed by atoms with Crippen LogP contribution in [0.15, 0.2) is 27.9 Å². The zero-order valence-corrected chi connectivity index (χ0v) is 18.0. The smallest absolute Gasteiger partial charge is 0.253 e. The number of thiocarbonyl (C=S) groups is 1. The second kappa shape index (κ2) is 8.73. The molecule has 2 N–H and O–H groups in total. The molecule has 0 saturated carbocycles. The zero-order chi connectivity index (χ0) is 19.4. The molecule has 0 spiro atoms. The highest BCUT2D eigenvalue weighted by molar-refractivity contribution is 9.10. The lowest BCUT2D eigenvalue weighted by atomic mass is 9.93. The van der Waals surface area contributed by atoms with Gasteiger partial charge >= 0.3 is 0 Å². The molecule has 1 unspecified atom stereocenters. The van der Waals surface area contributed by atoms with Crippen LogP contribution >= 0.6 is 28.1 Å². The van der Waals surface area contributed by atoms with Gasteiger partial charge in [0, 0.05) is 28.8 Å². The van der Waals surface area contributed by atoms with Crippen LogP contribution in [-0.2, 0) is 4.79 Å². The molecule has 1 amide bonds. The lowest BCUT2D eigenvalue weighted by molar-refractivity contribution is -0.127. The highest BCUT2D eigenvalue weighted by atomic mass is 79.9. The van der Waals surface area contributed by atoms with Gasteiger partial charge in [0.1, 0.15) is 0 Å². The number of carbonyl (C=O) groups excluding carboxylic acids is 1. The molecule has 1 heterocycles. The third-order valence-electron chi connectivity index (χ3n) is 4.33. The molecule has 1 atom stereocenters. The fraction of sp³-hybridized carbons (Fsp3) is 0.444. The molecule has 0 aliphatic carbocycles. The molecular weight excluding hydrogens is 418 g/mol. The van der Waals surface area contributed by atoms with E-state index in [1.807, 2.05) is 32.9 Å². The van der Waals surface area contributed by atoms with Crippen molar-refractivity contribution in [3.63, 3.8) is 0 Å². The molecule has 1 aliphatic heterocycles. The standard InChI is InChI=1S/C18H24BrN3O3S/c1-6-22(7-2)17(23)14-10(3)20-18(26)21-15(14)12-8-11(19)9-13(24-4)16(12)25-5/h8-9,15H,6-7H2,1-5H3,(H2,20,21,26). The summed E-state index contributed by atoms with van der Waals surface area (Å²) in [6, 6.07) is 3.29. The number of hydrogen-bond acceptors (Lipinski definition) is 4. The Kier molecular flexibility index (Phi) is 6.88. The number of carbonyl (C=O) groups is 1. The van der Waals surface area contributed by atoms with Gasteiger partial charge in [-0.05, 0) is 45.1 Å². The Hall–Kier alpha value is -1.80. The Bertz CT molecular complexity index is 747. The van der Waals surface area contributed by atoms with E-state index in [-0.39, 0.29) is 5.91 Å². The minimum Gasteiger partial charge on any atom is -0.493 e. The number of halogens is 1. The van der Waals surface area contributed by atoms with Gasteiger partial charge in [0.25, 0.3) is 5.91 Å². The van der Waals surface area contributed by atoms with Crippen molar-refractivity contribution in [2.45, 2.75) is 26.8 Å². The van der Waals surface area contributed by atoms with Crippen LogP contribution in [0.4, 0.5) is 0 Å². The second-order valence-corrected chi connectivity index (χ2v) is 7.10. The van der Waals surface area contributed by atoms with Crippen LogP contribution in [0.25, 0.3) is 0 Å². The summed E-state index contributed by atoms with van der Waals surface area (Å²) in [5, 5.41) is 6.73. The maximum Gasteiger partial charge on any atom is 0.253 e. The third kappa shape index (κ3) is 3.96. The van der Waals surface area contributed by atoms with Crippen LogP contribution in [0.2, 0.25) is 0 Å². The third-order valence-corrected chi connectivity index (χ3v) is 5.01. The molecule has 0 radical (unpaired) electrons. The second-order valence-electron chi connectivity index (χ2n) is 5.78. The minimum atomic E-state index is -0.446. The number of hydrogen-bond donors (Lipinski definition) is 2. The van der Waals surface area contributed by atoms with Crippen molar-refractivity contribution in [1.82, 2.24) is 15.5 Å². The van der Waals surface area contributed by atoms with E-state index < -0.39 is 6.04 Å². The van der Waals surface area contributed by atoms with Crippen molar-refractivity contribution in [1.29, 1.82) is 0 Å². The van der Waals surface area contributed by atoms with Crippen LogP contribution < -0.4 is 20.1 Å². The molecule has 142 valence electrons. The Labute approximate surface area is 168 Å². The molecule has 26 heavy (non-hydrogen) atoms. The van der Waals surface area contributed by atoms with Crippen LogP contribution in [-0.4, -0.2) is 43.2 Å². The monoisotopic (exact) mass is 441 g/mol. The number of ether oxygens (including phenoxy) is 2. The SMILES string of the molecule is CCN(CC)C(=O)C1=C(C)NC(=S)NC1c1cc(Br)cc(OC)c1OC. The van der Waals surface area contributed by atoms with Crippen molar-refractivity contribution < 1.29 is 14.3 Å². The van der Waals surface area contributed by atoms with Crippen molar-refractivity contribution in [2.75, 3.05) is 27.3 Å². The molecule has 2 rings (SSSR count). The summed E-state index contributed by atoms with van der Waals surface area (Å²) >= 11 is 8.83. The van der Waals surface area contributed by atoms with E-state index in [0.29, 0.717) is 35.3 Å². The van der Waals surface area contributed by atoms with Crippen molar-refractivity contribution in [3.05, 3.63) is 33.4 Å². The lowest BCUT2D eigenvalue weighted by Gasteiger charge is -2.33. The van der Waals surface area contributed by atoms with Gasteiger partial charge in [0.05, 0.1) is 25.8 Å². The van der Waals surface area contributed by atoms with Crippen LogP contribution in [0, 0.1) is 0 Å². The fourth-order valence-electron chi connectivity index (χ4n) is 3.07. The topological polar surface area (TPSA) is 62.8 Å². The summed E-state index contributed by atoms with van der Waals surface area (Å²) < 4.78 is 11.9. The number of nitrogens with one attached hydrogen (secondary N) is 2. The van der Waals surface area contributed by atoms with Gasteiger partial charge in [0.2, 0.25) is 0 Å². The molecule has 0 bridgehead atoms. The molecule has 6 nitrogen and oxygen atoms in total. The normalized spacial score (nSPS) is 16.7. The van der Waals surface area contributed by atoms with E-state index in [0.717, 1.165) is 15.7 Å². The highest BCUT2D eigenvalue weighted by Gasteiger charge is 2.34. The number of benzene rings is 1. The van der Waals surface area contributed by atoms with Gasteiger partial charge < -0.3 is 25.0 Å². The van der Waals surface area contributed by atoms with Gasteiger partial charge in [-0.2, -0.15) is 0 Å². The lowest BCUT2D eigenvalue weighted by Crippen LogP contribution is -2.47. The number of allylic oxidation sites excluding steroid dienone is 1. The Morgan fingerprint density at radius 3 is 2.46 bits per heavy atom. The number of amides is 1. The average Bonchev–Trinajstić information content (AvgIpc) is 2.61. The zero-order valence-electron chi connectivity index (χ0n) is 15.6. The van der Waals surface area contributed by atoms with Crippen molar-refractivity contribution in [2.24, 2.45) is 0 Å². The quantitative estimate of drug-likeness (QED) is 0.661. The number of likely N-dealkylation sites (N-methyl/N-ethyl adjacent to an activating group) is 1. The van der Waals surface area contributed by atoms with Crippen LogP contribution in [0.3, 0.4) is 0 Å². The van der Waals surface area contributed by atoms with Gasteiger partial charge in [-0.3, -0.25) is 4.79 Å².